The number of rotatable bonds is 8. The summed E-state index contributed by atoms with van der Waals surface area (Å²) in [6, 6.07) is 15.8. The quantitative estimate of drug-likeness (QED) is 0.333. The van der Waals surface area contributed by atoms with Crippen LogP contribution in [0, 0.1) is 17.0 Å². The van der Waals surface area contributed by atoms with Crippen molar-refractivity contribution in [3.05, 3.63) is 87.7 Å². The average Bonchev–Trinajstić information content (AvgIpc) is 3.20. The number of hydrogen-bond donors (Lipinski definition) is 1. The summed E-state index contributed by atoms with van der Waals surface area (Å²) in [6.45, 7) is 5.97. The monoisotopic (exact) mass is 420 g/mol. The van der Waals surface area contributed by atoms with Gasteiger partial charge in [0.1, 0.15) is 5.75 Å². The molecule has 160 valence electrons. The van der Waals surface area contributed by atoms with Gasteiger partial charge in [0, 0.05) is 24.0 Å². The second-order valence-electron chi connectivity index (χ2n) is 7.35. The second-order valence-corrected chi connectivity index (χ2v) is 7.35. The smallest absolute Gasteiger partial charge is 0.277 e. The molecule has 0 atom stereocenters. The highest BCUT2D eigenvalue weighted by molar-refractivity contribution is 5.82. The molecule has 0 aliphatic heterocycles. The van der Waals surface area contributed by atoms with Crippen LogP contribution < -0.4 is 10.2 Å². The van der Waals surface area contributed by atoms with Gasteiger partial charge in [-0.1, -0.05) is 26.0 Å². The van der Waals surface area contributed by atoms with Crippen molar-refractivity contribution in [3.63, 3.8) is 0 Å². The molecule has 0 unspecified atom stereocenters. The Balaban J connectivity index is 1.61. The Labute approximate surface area is 180 Å². The molecule has 2 aromatic carbocycles. The first-order valence-corrected chi connectivity index (χ1v) is 9.82. The Morgan fingerprint density at radius 3 is 2.65 bits per heavy atom. The van der Waals surface area contributed by atoms with Crippen molar-refractivity contribution in [2.24, 2.45) is 5.10 Å². The van der Waals surface area contributed by atoms with E-state index >= 15 is 0 Å². The number of nitrogens with one attached hydrogen (secondary N) is 1. The van der Waals surface area contributed by atoms with Gasteiger partial charge in [0.2, 0.25) is 0 Å². The zero-order valence-corrected chi connectivity index (χ0v) is 17.6. The summed E-state index contributed by atoms with van der Waals surface area (Å²) in [6.07, 6.45) is 3.31. The SMILES string of the molecule is Cc1ccc(C(C)C)c(OCC(=O)NN=Cc2cccn2-c2ccc([N+](=O)[O-])cc2)c1. The highest BCUT2D eigenvalue weighted by Gasteiger charge is 2.10. The number of nitro groups is 1. The molecule has 0 saturated carbocycles. The predicted molar refractivity (Wildman–Crippen MR) is 119 cm³/mol. The van der Waals surface area contributed by atoms with E-state index in [1.165, 1.54) is 18.3 Å². The van der Waals surface area contributed by atoms with Crippen molar-refractivity contribution in [2.45, 2.75) is 26.7 Å². The summed E-state index contributed by atoms with van der Waals surface area (Å²) in [7, 11) is 0. The van der Waals surface area contributed by atoms with Gasteiger partial charge in [0.15, 0.2) is 6.61 Å². The number of ether oxygens (including phenoxy) is 1. The summed E-state index contributed by atoms with van der Waals surface area (Å²) in [5, 5.41) is 14.8. The van der Waals surface area contributed by atoms with Crippen LogP contribution in [-0.4, -0.2) is 28.2 Å². The van der Waals surface area contributed by atoms with Crippen LogP contribution in [0.25, 0.3) is 5.69 Å². The van der Waals surface area contributed by atoms with Gasteiger partial charge in [-0.25, -0.2) is 5.43 Å². The lowest BCUT2D eigenvalue weighted by Gasteiger charge is -2.14. The molecule has 31 heavy (non-hydrogen) atoms. The number of hydrogen-bond acceptors (Lipinski definition) is 5. The molecule has 8 nitrogen and oxygen atoms in total. The number of aryl methyl sites for hydroxylation is 1. The van der Waals surface area contributed by atoms with Crippen molar-refractivity contribution >= 4 is 17.8 Å². The first kappa shape index (κ1) is 21.8. The van der Waals surface area contributed by atoms with Crippen LogP contribution >= 0.6 is 0 Å². The number of amides is 1. The molecule has 0 bridgehead atoms. The lowest BCUT2D eigenvalue weighted by molar-refractivity contribution is -0.384. The lowest BCUT2D eigenvalue weighted by atomic mass is 10.0. The Hall–Kier alpha value is -3.94. The summed E-state index contributed by atoms with van der Waals surface area (Å²) in [4.78, 5) is 22.5. The number of non-ortho nitro benzene ring substituents is 1. The second kappa shape index (κ2) is 9.71. The van der Waals surface area contributed by atoms with Crippen LogP contribution in [-0.2, 0) is 4.79 Å². The molecule has 1 aromatic heterocycles. The van der Waals surface area contributed by atoms with Crippen LogP contribution in [0.15, 0.2) is 65.9 Å². The van der Waals surface area contributed by atoms with Crippen molar-refractivity contribution in [1.29, 1.82) is 0 Å². The molecular formula is C23H24N4O4. The third kappa shape index (κ3) is 5.57. The largest absolute Gasteiger partial charge is 0.483 e. The minimum absolute atomic E-state index is 0.0209. The first-order chi connectivity index (χ1) is 14.8. The van der Waals surface area contributed by atoms with E-state index in [1.807, 2.05) is 37.3 Å². The van der Waals surface area contributed by atoms with E-state index in [0.717, 1.165) is 16.8 Å². The van der Waals surface area contributed by atoms with Crippen LogP contribution in [0.4, 0.5) is 5.69 Å². The summed E-state index contributed by atoms with van der Waals surface area (Å²) in [5.41, 5.74) is 6.03. The van der Waals surface area contributed by atoms with Gasteiger partial charge in [0.05, 0.1) is 16.8 Å². The number of nitro benzene ring substituents is 1. The maximum atomic E-state index is 12.1. The fourth-order valence-corrected chi connectivity index (χ4v) is 3.06. The normalized spacial score (nSPS) is 11.1. The molecule has 0 saturated heterocycles. The Bertz CT molecular complexity index is 1100. The van der Waals surface area contributed by atoms with E-state index in [-0.39, 0.29) is 24.1 Å². The van der Waals surface area contributed by atoms with E-state index in [4.69, 9.17) is 4.74 Å². The van der Waals surface area contributed by atoms with Crippen molar-refractivity contribution < 1.29 is 14.5 Å². The minimum atomic E-state index is -0.444. The molecule has 1 N–H and O–H groups in total. The fourth-order valence-electron chi connectivity index (χ4n) is 3.06. The van der Waals surface area contributed by atoms with Gasteiger partial charge in [-0.2, -0.15) is 5.10 Å². The van der Waals surface area contributed by atoms with E-state index in [0.29, 0.717) is 11.4 Å². The number of carbonyl (C=O) groups excluding carboxylic acids is 1. The number of hydrazone groups is 1. The van der Waals surface area contributed by atoms with Gasteiger partial charge in [-0.15, -0.1) is 0 Å². The van der Waals surface area contributed by atoms with Crippen LogP contribution in [0.1, 0.15) is 36.6 Å². The zero-order valence-electron chi connectivity index (χ0n) is 17.6. The number of aromatic nitrogens is 1. The summed E-state index contributed by atoms with van der Waals surface area (Å²) >= 11 is 0. The van der Waals surface area contributed by atoms with Gasteiger partial charge in [0.25, 0.3) is 11.6 Å². The molecular weight excluding hydrogens is 396 g/mol. The first-order valence-electron chi connectivity index (χ1n) is 9.82. The molecule has 1 heterocycles. The highest BCUT2D eigenvalue weighted by Crippen LogP contribution is 2.27. The molecule has 0 radical (unpaired) electrons. The Morgan fingerprint density at radius 1 is 1.23 bits per heavy atom. The van der Waals surface area contributed by atoms with Crippen molar-refractivity contribution in [3.8, 4) is 11.4 Å². The highest BCUT2D eigenvalue weighted by atomic mass is 16.6. The maximum Gasteiger partial charge on any atom is 0.277 e. The van der Waals surface area contributed by atoms with E-state index in [2.05, 4.69) is 24.4 Å². The molecule has 0 aliphatic carbocycles. The number of benzene rings is 2. The number of carbonyl (C=O) groups is 1. The molecule has 0 aliphatic rings. The van der Waals surface area contributed by atoms with Crippen molar-refractivity contribution in [1.82, 2.24) is 9.99 Å². The van der Waals surface area contributed by atoms with Gasteiger partial charge in [-0.3, -0.25) is 14.9 Å². The van der Waals surface area contributed by atoms with Gasteiger partial charge in [-0.05, 0) is 54.3 Å². The zero-order chi connectivity index (χ0) is 22.4. The summed E-state index contributed by atoms with van der Waals surface area (Å²) < 4.78 is 7.51. The minimum Gasteiger partial charge on any atom is -0.483 e. The van der Waals surface area contributed by atoms with E-state index in [9.17, 15) is 14.9 Å². The molecule has 3 aromatic rings. The van der Waals surface area contributed by atoms with Crippen LogP contribution in [0.2, 0.25) is 0 Å². The molecule has 0 spiro atoms. The average molecular weight is 420 g/mol. The van der Waals surface area contributed by atoms with E-state index < -0.39 is 4.92 Å². The van der Waals surface area contributed by atoms with E-state index in [1.54, 1.807) is 22.9 Å². The maximum absolute atomic E-state index is 12.1. The van der Waals surface area contributed by atoms with Gasteiger partial charge < -0.3 is 9.30 Å². The number of nitrogens with zero attached hydrogens (tertiary/aromatic N) is 3. The third-order valence-electron chi connectivity index (χ3n) is 4.65. The third-order valence-corrected chi connectivity index (χ3v) is 4.65. The fraction of sp³-hybridized carbons (Fsp3) is 0.217. The van der Waals surface area contributed by atoms with Crippen LogP contribution in [0.3, 0.4) is 0 Å². The summed E-state index contributed by atoms with van der Waals surface area (Å²) in [5.74, 6) is 0.603. The molecule has 8 heteroatoms. The standard InChI is InChI=1S/C23H24N4O4/c1-16(2)21-11-6-17(3)13-22(21)31-15-23(28)25-24-14-20-5-4-12-26(20)18-7-9-19(10-8-18)27(29)30/h4-14,16H,15H2,1-3H3,(H,25,28). The Morgan fingerprint density at radius 2 is 1.97 bits per heavy atom. The van der Waals surface area contributed by atoms with Crippen molar-refractivity contribution in [2.75, 3.05) is 6.61 Å². The lowest BCUT2D eigenvalue weighted by Crippen LogP contribution is -2.25. The molecule has 0 fully saturated rings. The van der Waals surface area contributed by atoms with Crippen LogP contribution in [0.5, 0.6) is 5.75 Å². The topological polar surface area (TPSA) is 98.8 Å². The predicted octanol–water partition coefficient (Wildman–Crippen LogP) is 4.35. The Kier molecular flexibility index (Phi) is 6.81. The van der Waals surface area contributed by atoms with Gasteiger partial charge >= 0.3 is 0 Å². The molecule has 1 amide bonds. The molecule has 3 rings (SSSR count).